The van der Waals surface area contributed by atoms with Crippen LogP contribution in [0.25, 0.3) is 0 Å². The summed E-state index contributed by atoms with van der Waals surface area (Å²) in [7, 11) is 0. The monoisotopic (exact) mass is 330 g/mol. The quantitative estimate of drug-likeness (QED) is 0.795. The smallest absolute Gasteiger partial charge is 0.277 e. The van der Waals surface area contributed by atoms with Gasteiger partial charge in [-0.05, 0) is 37.1 Å². The van der Waals surface area contributed by atoms with Crippen molar-refractivity contribution in [2.75, 3.05) is 16.8 Å². The maximum absolute atomic E-state index is 13.0. The van der Waals surface area contributed by atoms with Gasteiger partial charge in [-0.3, -0.25) is 4.79 Å². The summed E-state index contributed by atoms with van der Waals surface area (Å²) in [6, 6.07) is 19.5. The van der Waals surface area contributed by atoms with Gasteiger partial charge in [0.05, 0.1) is 0 Å². The molecule has 0 saturated carbocycles. The van der Waals surface area contributed by atoms with E-state index in [0.29, 0.717) is 23.9 Å². The average molecular weight is 330 g/mol. The first kappa shape index (κ1) is 15.3. The summed E-state index contributed by atoms with van der Waals surface area (Å²) in [5.74, 6) is 1.10. The van der Waals surface area contributed by atoms with Gasteiger partial charge in [0.1, 0.15) is 17.3 Å². The molecule has 0 bridgehead atoms. The lowest BCUT2D eigenvalue weighted by Gasteiger charge is -2.17. The van der Waals surface area contributed by atoms with Gasteiger partial charge in [-0.2, -0.15) is 0 Å². The third-order valence-electron chi connectivity index (χ3n) is 4.24. The zero-order chi connectivity index (χ0) is 17.2. The molecule has 1 N–H and O–H groups in total. The Morgan fingerprint density at radius 3 is 2.64 bits per heavy atom. The second-order valence-electron chi connectivity index (χ2n) is 6.01. The molecule has 5 nitrogen and oxygen atoms in total. The molecule has 0 radical (unpaired) electrons. The van der Waals surface area contributed by atoms with Gasteiger partial charge in [0.2, 0.25) is 0 Å². The van der Waals surface area contributed by atoms with Crippen molar-refractivity contribution < 1.29 is 4.79 Å². The van der Waals surface area contributed by atoms with Crippen LogP contribution in [0, 0.1) is 6.92 Å². The number of amides is 1. The minimum Gasteiger partial charge on any atom is -0.340 e. The van der Waals surface area contributed by atoms with Crippen LogP contribution in [-0.4, -0.2) is 22.4 Å². The van der Waals surface area contributed by atoms with E-state index >= 15 is 0 Å². The molecule has 25 heavy (non-hydrogen) atoms. The summed E-state index contributed by atoms with van der Waals surface area (Å²) in [5.41, 5.74) is 3.50. The lowest BCUT2D eigenvalue weighted by molar-refractivity contribution is 0.0984. The van der Waals surface area contributed by atoms with E-state index in [1.54, 1.807) is 17.9 Å². The van der Waals surface area contributed by atoms with Crippen molar-refractivity contribution >= 4 is 23.1 Å². The van der Waals surface area contributed by atoms with Crippen molar-refractivity contribution in [3.63, 3.8) is 0 Å². The largest absolute Gasteiger partial charge is 0.340 e. The van der Waals surface area contributed by atoms with E-state index in [2.05, 4.69) is 21.4 Å². The van der Waals surface area contributed by atoms with E-state index in [4.69, 9.17) is 0 Å². The Hall–Kier alpha value is -3.21. The molecule has 0 atom stereocenters. The lowest BCUT2D eigenvalue weighted by atomic mass is 10.2. The molecule has 0 unspecified atom stereocenters. The number of aromatic nitrogens is 2. The summed E-state index contributed by atoms with van der Waals surface area (Å²) in [4.78, 5) is 23.5. The summed E-state index contributed by atoms with van der Waals surface area (Å²) >= 11 is 0. The van der Waals surface area contributed by atoms with E-state index in [0.717, 1.165) is 17.8 Å². The number of hydrogen-bond donors (Lipinski definition) is 1. The number of anilines is 3. The molecule has 3 aromatic rings. The normalized spacial score (nSPS) is 12.8. The Kier molecular flexibility index (Phi) is 3.90. The van der Waals surface area contributed by atoms with Crippen LogP contribution >= 0.6 is 0 Å². The van der Waals surface area contributed by atoms with Crippen molar-refractivity contribution in [2.45, 2.75) is 13.3 Å². The molecule has 1 aliphatic heterocycles. The first-order valence-electron chi connectivity index (χ1n) is 8.28. The summed E-state index contributed by atoms with van der Waals surface area (Å²) in [6.45, 7) is 2.48. The average Bonchev–Trinajstić information content (AvgIpc) is 3.05. The van der Waals surface area contributed by atoms with E-state index in [9.17, 15) is 4.79 Å². The van der Waals surface area contributed by atoms with Crippen LogP contribution in [-0.2, 0) is 6.42 Å². The van der Waals surface area contributed by atoms with Crippen LogP contribution < -0.4 is 10.2 Å². The van der Waals surface area contributed by atoms with Crippen molar-refractivity contribution in [3.8, 4) is 0 Å². The highest BCUT2D eigenvalue weighted by Gasteiger charge is 2.26. The molecular formula is C20H18N4O. The Labute approximate surface area is 146 Å². The fraction of sp³-hybridized carbons (Fsp3) is 0.150. The van der Waals surface area contributed by atoms with Crippen molar-refractivity contribution in [3.05, 3.63) is 77.7 Å². The highest BCUT2D eigenvalue weighted by molar-refractivity contribution is 6.06. The minimum atomic E-state index is -0.0911. The molecular weight excluding hydrogens is 312 g/mol. The Morgan fingerprint density at radius 1 is 1.04 bits per heavy atom. The van der Waals surface area contributed by atoms with Gasteiger partial charge in [-0.15, -0.1) is 0 Å². The van der Waals surface area contributed by atoms with Crippen molar-refractivity contribution in [1.82, 2.24) is 9.97 Å². The molecule has 2 aromatic carbocycles. The zero-order valence-electron chi connectivity index (χ0n) is 13.9. The first-order chi connectivity index (χ1) is 12.2. The number of nitrogens with zero attached hydrogens (tertiary/aromatic N) is 3. The molecule has 0 spiro atoms. The van der Waals surface area contributed by atoms with Crippen LogP contribution in [0.1, 0.15) is 21.9 Å². The third-order valence-corrected chi connectivity index (χ3v) is 4.24. The Balaban J connectivity index is 1.63. The van der Waals surface area contributed by atoms with Gasteiger partial charge in [-0.25, -0.2) is 9.97 Å². The van der Waals surface area contributed by atoms with Gasteiger partial charge in [-0.1, -0.05) is 36.4 Å². The van der Waals surface area contributed by atoms with Crippen LogP contribution in [0.3, 0.4) is 0 Å². The lowest BCUT2D eigenvalue weighted by Crippen LogP contribution is -2.30. The molecule has 2 heterocycles. The summed E-state index contributed by atoms with van der Waals surface area (Å²) in [5, 5.41) is 3.23. The molecule has 0 saturated heterocycles. The highest BCUT2D eigenvalue weighted by atomic mass is 16.2. The van der Waals surface area contributed by atoms with Crippen molar-refractivity contribution in [2.24, 2.45) is 0 Å². The number of fused-ring (bicyclic) bond motifs is 1. The van der Waals surface area contributed by atoms with Crippen LogP contribution in [0.15, 0.2) is 60.7 Å². The predicted octanol–water partition coefficient (Wildman–Crippen LogP) is 3.73. The third kappa shape index (κ3) is 3.08. The number of para-hydroxylation sites is 2. The number of hydrogen-bond acceptors (Lipinski definition) is 4. The Bertz CT molecular complexity index is 924. The zero-order valence-corrected chi connectivity index (χ0v) is 13.9. The number of benzene rings is 2. The molecule has 4 rings (SSSR count). The summed E-state index contributed by atoms with van der Waals surface area (Å²) < 4.78 is 0. The first-order valence-corrected chi connectivity index (χ1v) is 8.28. The molecule has 1 aromatic heterocycles. The number of carbonyl (C=O) groups is 1. The second kappa shape index (κ2) is 6.36. The second-order valence-corrected chi connectivity index (χ2v) is 6.01. The maximum Gasteiger partial charge on any atom is 0.277 e. The minimum absolute atomic E-state index is 0.0911. The van der Waals surface area contributed by atoms with Crippen LogP contribution in [0.5, 0.6) is 0 Å². The molecule has 0 fully saturated rings. The van der Waals surface area contributed by atoms with Gasteiger partial charge in [0.25, 0.3) is 5.91 Å². The fourth-order valence-corrected chi connectivity index (χ4v) is 3.10. The van der Waals surface area contributed by atoms with Gasteiger partial charge in [0, 0.05) is 24.0 Å². The molecule has 0 aliphatic carbocycles. The van der Waals surface area contributed by atoms with E-state index in [1.807, 2.05) is 48.5 Å². The predicted molar refractivity (Wildman–Crippen MR) is 98.3 cm³/mol. The number of carbonyl (C=O) groups excluding carboxylic acids is 1. The van der Waals surface area contributed by atoms with E-state index in [1.165, 1.54) is 5.56 Å². The molecule has 124 valence electrons. The number of aryl methyl sites for hydroxylation is 1. The standard InChI is InChI=1S/C20H18N4O/c1-14-21-17(13-19(22-14)23-16-8-3-2-4-9-16)20(25)24-12-11-15-7-5-6-10-18(15)24/h2-10,13H,11-12H2,1H3,(H,21,22,23). The van der Waals surface area contributed by atoms with E-state index in [-0.39, 0.29) is 5.91 Å². The van der Waals surface area contributed by atoms with Gasteiger partial charge in [0.15, 0.2) is 0 Å². The number of nitrogens with one attached hydrogen (secondary N) is 1. The molecule has 5 heteroatoms. The Morgan fingerprint density at radius 2 is 1.80 bits per heavy atom. The topological polar surface area (TPSA) is 58.1 Å². The molecule has 1 amide bonds. The SMILES string of the molecule is Cc1nc(Nc2ccccc2)cc(C(=O)N2CCc3ccccc32)n1. The van der Waals surface area contributed by atoms with Crippen molar-refractivity contribution in [1.29, 1.82) is 0 Å². The maximum atomic E-state index is 13.0. The number of rotatable bonds is 3. The summed E-state index contributed by atoms with van der Waals surface area (Å²) in [6.07, 6.45) is 0.876. The van der Waals surface area contributed by atoms with E-state index < -0.39 is 0 Å². The molecule has 1 aliphatic rings. The highest BCUT2D eigenvalue weighted by Crippen LogP contribution is 2.29. The van der Waals surface area contributed by atoms with Gasteiger partial charge >= 0.3 is 0 Å². The fourth-order valence-electron chi connectivity index (χ4n) is 3.10. The van der Waals surface area contributed by atoms with Crippen LogP contribution in [0.2, 0.25) is 0 Å². The van der Waals surface area contributed by atoms with Gasteiger partial charge < -0.3 is 10.2 Å². The van der Waals surface area contributed by atoms with Crippen LogP contribution in [0.4, 0.5) is 17.2 Å².